The van der Waals surface area contributed by atoms with E-state index in [1.807, 2.05) is 18.2 Å². The van der Waals surface area contributed by atoms with Crippen LogP contribution in [-0.2, 0) is 13.0 Å². The zero-order chi connectivity index (χ0) is 29.9. The molecule has 43 heavy (non-hydrogen) atoms. The van der Waals surface area contributed by atoms with E-state index in [-0.39, 0.29) is 11.4 Å². The van der Waals surface area contributed by atoms with Gasteiger partial charge in [0.25, 0.3) is 5.56 Å². The second-order valence-electron chi connectivity index (χ2n) is 13.7. The molecular weight excluding hydrogens is 543 g/mol. The molecule has 3 saturated carbocycles. The Labute approximate surface area is 252 Å². The zero-order valence-electron chi connectivity index (χ0n) is 25.7. The minimum Gasteiger partial charge on any atom is -0.497 e. The predicted octanol–water partition coefficient (Wildman–Crippen LogP) is 4.92. The third-order valence-corrected chi connectivity index (χ3v) is 11.2. The van der Waals surface area contributed by atoms with Crippen molar-refractivity contribution >= 4 is 22.5 Å². The lowest BCUT2D eigenvalue weighted by Crippen LogP contribution is -2.53. The topological polar surface area (TPSA) is 83.8 Å². The van der Waals surface area contributed by atoms with Gasteiger partial charge in [-0.2, -0.15) is 0 Å². The van der Waals surface area contributed by atoms with E-state index in [4.69, 9.17) is 9.73 Å². The van der Waals surface area contributed by atoms with E-state index in [0.717, 1.165) is 49.7 Å². The summed E-state index contributed by atoms with van der Waals surface area (Å²) in [7, 11) is 1.51. The molecule has 0 amide bonds. The number of fused-ring (bicyclic) bond motifs is 1. The second kappa shape index (κ2) is 10.6. The molecule has 3 aliphatic carbocycles. The molecule has 1 spiro atoms. The molecular formula is C34H43FN6O2. The number of benzene rings is 2. The lowest BCUT2D eigenvalue weighted by molar-refractivity contribution is 0.298. The third kappa shape index (κ3) is 4.89. The minimum atomic E-state index is -0.339. The summed E-state index contributed by atoms with van der Waals surface area (Å²) in [5, 5.41) is 7.69. The highest BCUT2D eigenvalue weighted by molar-refractivity contribution is 5.95. The largest absolute Gasteiger partial charge is 0.497 e. The van der Waals surface area contributed by atoms with Gasteiger partial charge in [0.05, 0.1) is 24.3 Å². The van der Waals surface area contributed by atoms with Gasteiger partial charge in [-0.15, -0.1) is 0 Å². The average Bonchev–Trinajstić information content (AvgIpc) is 3.87. The first-order valence-electron chi connectivity index (χ1n) is 15.8. The van der Waals surface area contributed by atoms with Crippen LogP contribution in [0.4, 0.5) is 10.1 Å². The Morgan fingerprint density at radius 1 is 1.23 bits per heavy atom. The summed E-state index contributed by atoms with van der Waals surface area (Å²) in [5.74, 6) is 3.47. The quantitative estimate of drug-likeness (QED) is 0.302. The monoisotopic (exact) mass is 586 g/mol. The van der Waals surface area contributed by atoms with Gasteiger partial charge in [0.2, 0.25) is 0 Å². The molecule has 0 radical (unpaired) electrons. The summed E-state index contributed by atoms with van der Waals surface area (Å²) in [6, 6.07) is 10.9. The fraction of sp³-hybridized carbons (Fsp3) is 0.559. The molecule has 1 unspecified atom stereocenters. The number of methoxy groups -OCH3 is 1. The summed E-state index contributed by atoms with van der Waals surface area (Å²) in [4.78, 5) is 25.5. The summed E-state index contributed by atoms with van der Waals surface area (Å²) in [6.45, 7) is 11.1. The lowest BCUT2D eigenvalue weighted by Gasteiger charge is -2.34. The molecule has 7 rings (SSSR count). The fourth-order valence-corrected chi connectivity index (χ4v) is 8.62. The van der Waals surface area contributed by atoms with Gasteiger partial charge >= 0.3 is 0 Å². The summed E-state index contributed by atoms with van der Waals surface area (Å²) < 4.78 is 21.1. The highest BCUT2D eigenvalue weighted by atomic mass is 19.1. The number of aryl methyl sites for hydroxylation is 2. The maximum Gasteiger partial charge on any atom is 0.261 e. The van der Waals surface area contributed by atoms with Crippen molar-refractivity contribution in [2.75, 3.05) is 38.6 Å². The van der Waals surface area contributed by atoms with Crippen LogP contribution in [0.15, 0.2) is 52.5 Å². The summed E-state index contributed by atoms with van der Waals surface area (Å²) >= 11 is 0. The van der Waals surface area contributed by atoms with E-state index in [9.17, 15) is 9.18 Å². The van der Waals surface area contributed by atoms with E-state index in [2.05, 4.69) is 41.3 Å². The predicted molar refractivity (Wildman–Crippen MR) is 168 cm³/mol. The van der Waals surface area contributed by atoms with Crippen molar-refractivity contribution in [1.82, 2.24) is 19.8 Å². The van der Waals surface area contributed by atoms with Crippen LogP contribution in [0.3, 0.4) is 0 Å². The summed E-state index contributed by atoms with van der Waals surface area (Å²) in [6.07, 6.45) is 5.96. The molecule has 1 aromatic heterocycles. The number of aliphatic imine (C=N–C) groups is 1. The Balaban J connectivity index is 1.08. The number of hydrogen-bond acceptors (Lipinski definition) is 5. The molecule has 4 fully saturated rings. The van der Waals surface area contributed by atoms with Crippen molar-refractivity contribution < 1.29 is 9.13 Å². The van der Waals surface area contributed by atoms with Gasteiger partial charge in [-0.1, -0.05) is 19.9 Å². The van der Waals surface area contributed by atoms with Gasteiger partial charge in [0.1, 0.15) is 11.6 Å². The first kappa shape index (κ1) is 28.3. The Bertz CT molecular complexity index is 1630. The van der Waals surface area contributed by atoms with Crippen LogP contribution >= 0.6 is 0 Å². The molecule has 2 heterocycles. The van der Waals surface area contributed by atoms with Crippen molar-refractivity contribution in [2.45, 2.75) is 59.0 Å². The number of anilines is 1. The van der Waals surface area contributed by atoms with Crippen LogP contribution in [0, 0.1) is 34.4 Å². The number of guanidine groups is 1. The number of hydrogen-bond donors (Lipinski definition) is 2. The van der Waals surface area contributed by atoms with Crippen molar-refractivity contribution in [3.05, 3.63) is 64.5 Å². The molecule has 2 N–H and O–H groups in total. The number of nitrogens with zero attached hydrogens (tertiary/aromatic N) is 4. The highest BCUT2D eigenvalue weighted by Crippen LogP contribution is 2.89. The molecule has 3 aromatic rings. The molecule has 1 saturated heterocycles. The fourth-order valence-electron chi connectivity index (χ4n) is 8.62. The van der Waals surface area contributed by atoms with Gasteiger partial charge < -0.3 is 20.3 Å². The van der Waals surface area contributed by atoms with Gasteiger partial charge in [-0.25, -0.2) is 9.37 Å². The van der Waals surface area contributed by atoms with Crippen LogP contribution in [0.5, 0.6) is 5.75 Å². The SMILES string of the molecule is COc1ccc(CCn2cnc3cc(N/C(=N/C[C@@H]4CC[C@@H]5C(C)(C)C56C[C@@H]46)N4CCN[C@@H](C)C4)ccc3c2=O)c(F)c1. The maximum atomic E-state index is 14.4. The molecule has 228 valence electrons. The third-order valence-electron chi connectivity index (χ3n) is 11.2. The molecule has 5 atom stereocenters. The van der Waals surface area contributed by atoms with Gasteiger partial charge in [0.15, 0.2) is 5.96 Å². The van der Waals surface area contributed by atoms with Crippen molar-refractivity contribution in [2.24, 2.45) is 33.6 Å². The van der Waals surface area contributed by atoms with E-state index in [1.54, 1.807) is 23.0 Å². The number of ether oxygens (including phenoxy) is 1. The van der Waals surface area contributed by atoms with Gasteiger partial charge in [0, 0.05) is 50.5 Å². The van der Waals surface area contributed by atoms with Crippen LogP contribution in [0.25, 0.3) is 10.9 Å². The number of halogens is 1. The zero-order valence-corrected chi connectivity index (χ0v) is 25.7. The van der Waals surface area contributed by atoms with Gasteiger partial charge in [-0.05, 0) is 91.0 Å². The molecule has 1 aliphatic heterocycles. The maximum absolute atomic E-state index is 14.4. The Hall–Kier alpha value is -3.46. The Morgan fingerprint density at radius 3 is 2.88 bits per heavy atom. The number of piperazine rings is 1. The van der Waals surface area contributed by atoms with E-state index in [1.165, 1.54) is 32.4 Å². The number of nitrogens with one attached hydrogen (secondary N) is 2. The molecule has 4 aliphatic rings. The molecule has 9 heteroatoms. The van der Waals surface area contributed by atoms with Crippen molar-refractivity contribution in [3.63, 3.8) is 0 Å². The van der Waals surface area contributed by atoms with E-state index >= 15 is 0 Å². The first-order valence-corrected chi connectivity index (χ1v) is 15.8. The normalized spacial score (nSPS) is 29.1. The molecule has 2 aromatic carbocycles. The minimum absolute atomic E-state index is 0.132. The van der Waals surface area contributed by atoms with Gasteiger partial charge in [-0.3, -0.25) is 14.4 Å². The average molecular weight is 587 g/mol. The Morgan fingerprint density at radius 2 is 2.09 bits per heavy atom. The smallest absolute Gasteiger partial charge is 0.261 e. The lowest BCUT2D eigenvalue weighted by atomic mass is 9.89. The second-order valence-corrected chi connectivity index (χ2v) is 13.7. The van der Waals surface area contributed by atoms with Crippen LogP contribution < -0.4 is 20.9 Å². The number of rotatable bonds is 7. The van der Waals surface area contributed by atoms with E-state index < -0.39 is 0 Å². The van der Waals surface area contributed by atoms with E-state index in [0.29, 0.717) is 58.0 Å². The van der Waals surface area contributed by atoms with Crippen molar-refractivity contribution in [3.8, 4) is 5.75 Å². The number of aromatic nitrogens is 2. The molecule has 8 nitrogen and oxygen atoms in total. The van der Waals surface area contributed by atoms with Crippen LogP contribution in [0.2, 0.25) is 0 Å². The first-order chi connectivity index (χ1) is 20.7. The van der Waals surface area contributed by atoms with Crippen LogP contribution in [-0.4, -0.2) is 59.7 Å². The Kier molecular flexibility index (Phi) is 6.99. The highest BCUT2D eigenvalue weighted by Gasteiger charge is 2.84. The summed E-state index contributed by atoms with van der Waals surface area (Å²) in [5.41, 5.74) is 3.04. The van der Waals surface area contributed by atoms with Crippen molar-refractivity contribution in [1.29, 1.82) is 0 Å². The standard InChI is InChI=1S/C34H43FN6O2/c1-21-19-40(14-12-36-21)32(37-18-23-6-10-30-33(2,3)34(30)17-27(23)34)39-24-7-9-26-29(15-24)38-20-41(31(26)42)13-11-22-5-8-25(43-4)16-28(22)35/h5,7-9,15-16,20-21,23,27,30,36H,6,10-14,17-19H2,1-4H3,(H,37,39)/t21-,23-,27-,30+,34?/m0/s1. The van der Waals surface area contributed by atoms with Crippen LogP contribution in [0.1, 0.15) is 45.6 Å². The molecule has 0 bridgehead atoms.